The van der Waals surface area contributed by atoms with E-state index in [0.717, 1.165) is 0 Å². The Kier molecular flexibility index (Phi) is 2.63. The number of ether oxygens (including phenoxy) is 1. The third kappa shape index (κ3) is 1.72. The highest BCUT2D eigenvalue weighted by Crippen LogP contribution is 2.24. The van der Waals surface area contributed by atoms with Gasteiger partial charge in [0.05, 0.1) is 13.0 Å². The minimum absolute atomic E-state index is 0.241. The van der Waals surface area contributed by atoms with Crippen LogP contribution < -0.4 is 0 Å². The Hall–Kier alpha value is -1.12. The van der Waals surface area contributed by atoms with Crippen LogP contribution in [0.4, 0.5) is 4.39 Å². The van der Waals surface area contributed by atoms with Gasteiger partial charge in [-0.25, -0.2) is 4.39 Å². The van der Waals surface area contributed by atoms with Crippen molar-refractivity contribution in [3.8, 4) is 0 Å². The first-order valence-electron chi connectivity index (χ1n) is 3.76. The summed E-state index contributed by atoms with van der Waals surface area (Å²) < 4.78 is 17.3. The Bertz CT molecular complexity index is 253. The van der Waals surface area contributed by atoms with Crippen LogP contribution in [-0.2, 0) is 9.53 Å². The van der Waals surface area contributed by atoms with Crippen molar-refractivity contribution in [1.29, 1.82) is 0 Å². The molecule has 66 valence electrons. The summed E-state index contributed by atoms with van der Waals surface area (Å²) in [5.74, 6) is -0.859. The molecule has 0 amide bonds. The first-order chi connectivity index (χ1) is 5.65. The summed E-state index contributed by atoms with van der Waals surface area (Å²) in [6.45, 7) is 1.68. The average molecular weight is 170 g/mol. The number of halogens is 1. The summed E-state index contributed by atoms with van der Waals surface area (Å²) in [5.41, 5.74) is 0.605. The SMILES string of the molecule is COC(=O)C1C=CC(F)=C(C)C1. The lowest BCUT2D eigenvalue weighted by atomic mass is 9.95. The molecule has 1 atom stereocenters. The Morgan fingerprint density at radius 2 is 2.42 bits per heavy atom. The molecule has 0 aromatic heterocycles. The van der Waals surface area contributed by atoms with Gasteiger partial charge in [0, 0.05) is 0 Å². The maximum Gasteiger partial charge on any atom is 0.312 e. The fraction of sp³-hybridized carbons (Fsp3) is 0.444. The van der Waals surface area contributed by atoms with Crippen LogP contribution in [0.2, 0.25) is 0 Å². The van der Waals surface area contributed by atoms with Crippen LogP contribution in [0, 0.1) is 5.92 Å². The molecule has 0 saturated carbocycles. The first-order valence-corrected chi connectivity index (χ1v) is 3.76. The van der Waals surface area contributed by atoms with E-state index in [1.54, 1.807) is 6.92 Å². The second-order valence-corrected chi connectivity index (χ2v) is 2.82. The van der Waals surface area contributed by atoms with Gasteiger partial charge in [-0.15, -0.1) is 0 Å². The van der Waals surface area contributed by atoms with Crippen LogP contribution in [0.5, 0.6) is 0 Å². The van der Waals surface area contributed by atoms with E-state index in [2.05, 4.69) is 4.74 Å². The van der Waals surface area contributed by atoms with Crippen molar-refractivity contribution in [3.05, 3.63) is 23.6 Å². The predicted molar refractivity (Wildman–Crippen MR) is 43.1 cm³/mol. The fourth-order valence-electron chi connectivity index (χ4n) is 1.15. The first kappa shape index (κ1) is 8.97. The molecule has 1 aliphatic rings. The molecule has 3 heteroatoms. The highest BCUT2D eigenvalue weighted by Gasteiger charge is 2.20. The molecular formula is C9H11FO2. The molecule has 0 bridgehead atoms. The molecule has 1 rings (SSSR count). The molecular weight excluding hydrogens is 159 g/mol. The highest BCUT2D eigenvalue weighted by atomic mass is 19.1. The molecule has 0 aromatic carbocycles. The molecule has 0 radical (unpaired) electrons. The Morgan fingerprint density at radius 1 is 1.75 bits per heavy atom. The second kappa shape index (κ2) is 3.52. The largest absolute Gasteiger partial charge is 0.469 e. The second-order valence-electron chi connectivity index (χ2n) is 2.82. The number of hydrogen-bond donors (Lipinski definition) is 0. The predicted octanol–water partition coefficient (Wildman–Crippen LogP) is 1.98. The molecule has 2 nitrogen and oxygen atoms in total. The topological polar surface area (TPSA) is 26.3 Å². The molecule has 0 spiro atoms. The zero-order chi connectivity index (χ0) is 9.14. The van der Waals surface area contributed by atoms with Crippen LogP contribution in [0.3, 0.4) is 0 Å². The molecule has 0 saturated heterocycles. The molecule has 0 aromatic rings. The maximum absolute atomic E-state index is 12.8. The van der Waals surface area contributed by atoms with Gasteiger partial charge in [0.2, 0.25) is 0 Å². The van der Waals surface area contributed by atoms with E-state index in [1.807, 2.05) is 0 Å². The van der Waals surface area contributed by atoms with Crippen molar-refractivity contribution in [1.82, 2.24) is 0 Å². The zero-order valence-corrected chi connectivity index (χ0v) is 7.13. The van der Waals surface area contributed by atoms with Crippen LogP contribution in [0.1, 0.15) is 13.3 Å². The van der Waals surface area contributed by atoms with Gasteiger partial charge in [0.1, 0.15) is 5.83 Å². The van der Waals surface area contributed by atoms with E-state index in [4.69, 9.17) is 0 Å². The van der Waals surface area contributed by atoms with E-state index < -0.39 is 0 Å². The van der Waals surface area contributed by atoms with Gasteiger partial charge >= 0.3 is 5.97 Å². The lowest BCUT2D eigenvalue weighted by Gasteiger charge is -2.14. The minimum atomic E-state index is -0.311. The lowest BCUT2D eigenvalue weighted by Crippen LogP contribution is -2.16. The zero-order valence-electron chi connectivity index (χ0n) is 7.13. The number of hydrogen-bond acceptors (Lipinski definition) is 2. The number of carbonyl (C=O) groups is 1. The number of rotatable bonds is 1. The molecule has 1 aliphatic carbocycles. The molecule has 0 heterocycles. The maximum atomic E-state index is 12.8. The Balaban J connectivity index is 2.69. The van der Waals surface area contributed by atoms with Crippen LogP contribution in [0.25, 0.3) is 0 Å². The molecule has 0 N–H and O–H groups in total. The monoisotopic (exact) mass is 170 g/mol. The highest BCUT2D eigenvalue weighted by molar-refractivity contribution is 5.75. The lowest BCUT2D eigenvalue weighted by molar-refractivity contribution is -0.143. The summed E-state index contributed by atoms with van der Waals surface area (Å²) in [6, 6.07) is 0. The van der Waals surface area contributed by atoms with Gasteiger partial charge in [-0.3, -0.25) is 4.79 Å². The van der Waals surface area contributed by atoms with Gasteiger partial charge in [-0.2, -0.15) is 0 Å². The number of methoxy groups -OCH3 is 1. The molecule has 1 unspecified atom stereocenters. The molecule has 12 heavy (non-hydrogen) atoms. The van der Waals surface area contributed by atoms with E-state index in [9.17, 15) is 9.18 Å². The van der Waals surface area contributed by atoms with Crippen LogP contribution in [-0.4, -0.2) is 13.1 Å². The van der Waals surface area contributed by atoms with Crippen LogP contribution >= 0.6 is 0 Å². The van der Waals surface area contributed by atoms with Gasteiger partial charge < -0.3 is 4.74 Å². The summed E-state index contributed by atoms with van der Waals surface area (Å²) in [5, 5.41) is 0. The van der Waals surface area contributed by atoms with Gasteiger partial charge in [-0.1, -0.05) is 6.08 Å². The number of esters is 1. The fourth-order valence-corrected chi connectivity index (χ4v) is 1.15. The van der Waals surface area contributed by atoms with E-state index in [-0.39, 0.29) is 17.7 Å². The van der Waals surface area contributed by atoms with Crippen molar-refractivity contribution in [2.75, 3.05) is 7.11 Å². The van der Waals surface area contributed by atoms with E-state index >= 15 is 0 Å². The van der Waals surface area contributed by atoms with Crippen molar-refractivity contribution in [2.45, 2.75) is 13.3 Å². The number of carbonyl (C=O) groups excluding carboxylic acids is 1. The van der Waals surface area contributed by atoms with Crippen molar-refractivity contribution in [2.24, 2.45) is 5.92 Å². The standard InChI is InChI=1S/C9H11FO2/c1-6-5-7(9(11)12-2)3-4-8(6)10/h3-4,7H,5H2,1-2H3. The number of allylic oxidation sites excluding steroid dienone is 3. The summed E-state index contributed by atoms with van der Waals surface area (Å²) in [6.07, 6.45) is 3.28. The third-order valence-electron chi connectivity index (χ3n) is 1.91. The summed E-state index contributed by atoms with van der Waals surface area (Å²) >= 11 is 0. The summed E-state index contributed by atoms with van der Waals surface area (Å²) in [4.78, 5) is 11.0. The van der Waals surface area contributed by atoms with Crippen LogP contribution in [0.15, 0.2) is 23.6 Å². The molecule has 0 aliphatic heterocycles. The normalized spacial score (nSPS) is 22.8. The third-order valence-corrected chi connectivity index (χ3v) is 1.91. The van der Waals surface area contributed by atoms with Crippen molar-refractivity contribution in [3.63, 3.8) is 0 Å². The average Bonchev–Trinajstić information content (AvgIpc) is 2.08. The van der Waals surface area contributed by atoms with E-state index in [0.29, 0.717) is 12.0 Å². The quantitative estimate of drug-likeness (QED) is 0.562. The smallest absolute Gasteiger partial charge is 0.312 e. The summed E-state index contributed by atoms with van der Waals surface area (Å²) in [7, 11) is 1.33. The van der Waals surface area contributed by atoms with Crippen molar-refractivity contribution >= 4 is 5.97 Å². The van der Waals surface area contributed by atoms with Crippen molar-refractivity contribution < 1.29 is 13.9 Å². The van der Waals surface area contributed by atoms with Gasteiger partial charge in [-0.05, 0) is 25.0 Å². The van der Waals surface area contributed by atoms with Gasteiger partial charge in [0.15, 0.2) is 0 Å². The van der Waals surface area contributed by atoms with Gasteiger partial charge in [0.25, 0.3) is 0 Å². The Morgan fingerprint density at radius 3 is 2.92 bits per heavy atom. The molecule has 0 fully saturated rings. The Labute approximate surface area is 70.7 Å². The van der Waals surface area contributed by atoms with E-state index in [1.165, 1.54) is 19.3 Å². The minimum Gasteiger partial charge on any atom is -0.469 e.